The lowest BCUT2D eigenvalue weighted by atomic mass is 10.0. The Balaban J connectivity index is 1.50. The maximum atomic E-state index is 12.6. The second-order valence-corrected chi connectivity index (χ2v) is 7.88. The minimum Gasteiger partial charge on any atom is -0.497 e. The number of carboxylic acid groups (broad SMARTS) is 1. The zero-order valence-corrected chi connectivity index (χ0v) is 19.1. The van der Waals surface area contributed by atoms with Crippen molar-refractivity contribution in [3.05, 3.63) is 76.1 Å². The second-order valence-electron chi connectivity index (χ2n) is 7.88. The van der Waals surface area contributed by atoms with E-state index in [9.17, 15) is 24.3 Å². The van der Waals surface area contributed by atoms with E-state index in [-0.39, 0.29) is 17.0 Å². The maximum Gasteiger partial charge on any atom is 0.337 e. The normalized spacial score (nSPS) is 13.2. The summed E-state index contributed by atoms with van der Waals surface area (Å²) < 4.78 is 5.05. The highest BCUT2D eigenvalue weighted by molar-refractivity contribution is 6.35. The summed E-state index contributed by atoms with van der Waals surface area (Å²) in [5.74, 6) is -1.40. The topological polar surface area (TPSA) is 150 Å². The van der Waals surface area contributed by atoms with E-state index in [4.69, 9.17) is 4.74 Å². The van der Waals surface area contributed by atoms with Crippen molar-refractivity contribution in [3.63, 3.8) is 0 Å². The molecule has 1 aromatic heterocycles. The quantitative estimate of drug-likeness (QED) is 0.355. The van der Waals surface area contributed by atoms with E-state index in [1.54, 1.807) is 50.3 Å². The van der Waals surface area contributed by atoms with Gasteiger partial charge in [0.2, 0.25) is 0 Å². The number of urea groups is 1. The predicted octanol–water partition coefficient (Wildman–Crippen LogP) is 3.79. The molecule has 2 aromatic carbocycles. The number of fused-ring (bicyclic) bond motifs is 1. The highest BCUT2D eigenvalue weighted by atomic mass is 16.5. The van der Waals surface area contributed by atoms with Gasteiger partial charge in [-0.3, -0.25) is 14.9 Å². The molecule has 5 N–H and O–H groups in total. The number of aromatic carboxylic acids is 1. The van der Waals surface area contributed by atoms with Gasteiger partial charge in [-0.25, -0.2) is 9.59 Å². The summed E-state index contributed by atoms with van der Waals surface area (Å²) >= 11 is 0. The number of aromatic amines is 1. The molecule has 35 heavy (non-hydrogen) atoms. The van der Waals surface area contributed by atoms with Crippen LogP contribution in [0.3, 0.4) is 0 Å². The number of aromatic nitrogens is 1. The summed E-state index contributed by atoms with van der Waals surface area (Å²) in [5.41, 5.74) is 3.80. The van der Waals surface area contributed by atoms with Crippen molar-refractivity contribution in [2.24, 2.45) is 0 Å². The number of carbonyl (C=O) groups excluding carboxylic acids is 3. The van der Waals surface area contributed by atoms with Crippen LogP contribution in [0.1, 0.15) is 43.2 Å². The molecule has 0 aliphatic carbocycles. The molecule has 1 aliphatic rings. The SMILES string of the molecule is COc1ccc(C(=O)NC(=O)Nc2ccc3c(c2)NC(=O)/C3=C\c2[nH]c(C)c(C(=O)O)c2C)cc1. The highest BCUT2D eigenvalue weighted by Gasteiger charge is 2.26. The summed E-state index contributed by atoms with van der Waals surface area (Å²) in [5, 5.41) is 16.9. The van der Waals surface area contributed by atoms with Gasteiger partial charge in [0, 0.05) is 28.2 Å². The minimum absolute atomic E-state index is 0.172. The Bertz CT molecular complexity index is 1400. The van der Waals surface area contributed by atoms with Crippen LogP contribution in [0.15, 0.2) is 42.5 Å². The van der Waals surface area contributed by atoms with Gasteiger partial charge < -0.3 is 25.5 Å². The average molecular weight is 474 g/mol. The third-order valence-corrected chi connectivity index (χ3v) is 5.62. The second kappa shape index (κ2) is 9.18. The van der Waals surface area contributed by atoms with Gasteiger partial charge >= 0.3 is 12.0 Å². The average Bonchev–Trinajstić information content (AvgIpc) is 3.27. The maximum absolute atomic E-state index is 12.6. The van der Waals surface area contributed by atoms with Crippen LogP contribution in [-0.2, 0) is 4.79 Å². The number of imide groups is 1. The molecule has 4 rings (SSSR count). The van der Waals surface area contributed by atoms with Gasteiger partial charge in [0.25, 0.3) is 11.8 Å². The summed E-state index contributed by atoms with van der Waals surface area (Å²) in [6.45, 7) is 3.33. The molecule has 0 saturated heterocycles. The first kappa shape index (κ1) is 23.3. The van der Waals surface area contributed by atoms with Gasteiger partial charge in [0.05, 0.1) is 23.9 Å². The lowest BCUT2D eigenvalue weighted by Crippen LogP contribution is -2.34. The molecule has 0 unspecified atom stereocenters. The number of carbonyl (C=O) groups is 4. The van der Waals surface area contributed by atoms with Crippen LogP contribution in [0, 0.1) is 13.8 Å². The number of aryl methyl sites for hydroxylation is 1. The van der Waals surface area contributed by atoms with Crippen molar-refractivity contribution in [1.82, 2.24) is 10.3 Å². The van der Waals surface area contributed by atoms with Crippen LogP contribution in [-0.4, -0.2) is 41.0 Å². The Kier molecular flexibility index (Phi) is 6.11. The Morgan fingerprint density at radius 2 is 1.77 bits per heavy atom. The number of nitrogens with one attached hydrogen (secondary N) is 4. The Hall–Kier alpha value is -4.86. The monoisotopic (exact) mass is 474 g/mol. The van der Waals surface area contributed by atoms with E-state index in [1.165, 1.54) is 19.2 Å². The molecule has 0 fully saturated rings. The standard InChI is InChI=1S/C25H22N4O6/c1-12-19(26-13(2)21(12)24(32)33)11-18-17-9-6-15(10-20(17)28-23(18)31)27-25(34)29-22(30)14-4-7-16(35-3)8-5-14/h4-11,26H,1-3H3,(H,28,31)(H,32,33)(H2,27,29,30,34)/b18-11-. The van der Waals surface area contributed by atoms with Gasteiger partial charge in [-0.05, 0) is 61.9 Å². The number of benzene rings is 2. The van der Waals surface area contributed by atoms with Crippen LogP contribution in [0.5, 0.6) is 5.75 Å². The molecule has 178 valence electrons. The lowest BCUT2D eigenvalue weighted by molar-refractivity contribution is -0.110. The number of H-pyrrole nitrogens is 1. The van der Waals surface area contributed by atoms with E-state index < -0.39 is 17.9 Å². The Morgan fingerprint density at radius 1 is 1.06 bits per heavy atom. The molecule has 0 bridgehead atoms. The number of ether oxygens (including phenoxy) is 1. The number of rotatable bonds is 5. The third-order valence-electron chi connectivity index (χ3n) is 5.62. The zero-order valence-electron chi connectivity index (χ0n) is 19.1. The largest absolute Gasteiger partial charge is 0.497 e. The van der Waals surface area contributed by atoms with Crippen molar-refractivity contribution in [2.45, 2.75) is 13.8 Å². The third kappa shape index (κ3) is 4.62. The van der Waals surface area contributed by atoms with Gasteiger partial charge in [-0.15, -0.1) is 0 Å². The molecule has 3 aromatic rings. The first-order valence-electron chi connectivity index (χ1n) is 10.5. The van der Waals surface area contributed by atoms with E-state index in [2.05, 4.69) is 20.9 Å². The summed E-state index contributed by atoms with van der Waals surface area (Å²) in [4.78, 5) is 51.6. The first-order valence-corrected chi connectivity index (χ1v) is 10.5. The fourth-order valence-electron chi connectivity index (χ4n) is 3.88. The Labute approximate surface area is 200 Å². The molecule has 0 radical (unpaired) electrons. The number of methoxy groups -OCH3 is 1. The summed E-state index contributed by atoms with van der Waals surface area (Å²) in [6.07, 6.45) is 1.60. The molecular weight excluding hydrogens is 452 g/mol. The van der Waals surface area contributed by atoms with Crippen LogP contribution in [0.2, 0.25) is 0 Å². The molecule has 10 heteroatoms. The van der Waals surface area contributed by atoms with Crippen molar-refractivity contribution in [2.75, 3.05) is 17.7 Å². The Morgan fingerprint density at radius 3 is 2.40 bits per heavy atom. The van der Waals surface area contributed by atoms with Gasteiger partial charge in [-0.2, -0.15) is 0 Å². The van der Waals surface area contributed by atoms with E-state index in [0.717, 1.165) is 0 Å². The number of amides is 4. The number of carboxylic acids is 1. The first-order chi connectivity index (χ1) is 16.7. The molecule has 0 spiro atoms. The predicted molar refractivity (Wildman–Crippen MR) is 130 cm³/mol. The molecule has 0 saturated carbocycles. The fraction of sp³-hybridized carbons (Fsp3) is 0.120. The summed E-state index contributed by atoms with van der Waals surface area (Å²) in [6, 6.07) is 10.4. The number of hydrogen-bond donors (Lipinski definition) is 5. The van der Waals surface area contributed by atoms with Crippen LogP contribution >= 0.6 is 0 Å². The highest BCUT2D eigenvalue weighted by Crippen LogP contribution is 2.35. The zero-order chi connectivity index (χ0) is 25.3. The van der Waals surface area contributed by atoms with E-state index in [0.29, 0.717) is 45.2 Å². The molecule has 0 atom stereocenters. The lowest BCUT2D eigenvalue weighted by Gasteiger charge is -2.09. The van der Waals surface area contributed by atoms with Crippen molar-refractivity contribution in [3.8, 4) is 5.75 Å². The number of anilines is 2. The molecule has 2 heterocycles. The number of hydrogen-bond acceptors (Lipinski definition) is 5. The molecular formula is C25H22N4O6. The molecule has 1 aliphatic heterocycles. The van der Waals surface area contributed by atoms with E-state index >= 15 is 0 Å². The smallest absolute Gasteiger partial charge is 0.337 e. The van der Waals surface area contributed by atoms with Crippen molar-refractivity contribution >= 4 is 46.8 Å². The van der Waals surface area contributed by atoms with E-state index in [1.807, 2.05) is 0 Å². The molecule has 10 nitrogen and oxygen atoms in total. The molecule has 4 amide bonds. The van der Waals surface area contributed by atoms with Gasteiger partial charge in [0.1, 0.15) is 5.75 Å². The minimum atomic E-state index is -1.04. The van der Waals surface area contributed by atoms with Crippen molar-refractivity contribution < 1.29 is 29.0 Å². The van der Waals surface area contributed by atoms with Gasteiger partial charge in [0.15, 0.2) is 0 Å². The van der Waals surface area contributed by atoms with Gasteiger partial charge in [-0.1, -0.05) is 6.07 Å². The van der Waals surface area contributed by atoms with Crippen molar-refractivity contribution in [1.29, 1.82) is 0 Å². The summed E-state index contributed by atoms with van der Waals surface area (Å²) in [7, 11) is 1.51. The van der Waals surface area contributed by atoms with Crippen LogP contribution in [0.4, 0.5) is 16.2 Å². The van der Waals surface area contributed by atoms with Crippen LogP contribution in [0.25, 0.3) is 11.6 Å². The fourth-order valence-corrected chi connectivity index (χ4v) is 3.88. The van der Waals surface area contributed by atoms with Crippen LogP contribution < -0.4 is 20.7 Å².